The van der Waals surface area contributed by atoms with E-state index < -0.39 is 0 Å². The Labute approximate surface area is 65.2 Å². The molecule has 0 saturated carbocycles. The molecule has 0 aliphatic carbocycles. The maximum atomic E-state index is 5.51. The molecule has 0 aliphatic rings. The summed E-state index contributed by atoms with van der Waals surface area (Å²) in [6.45, 7) is 0.196. The summed E-state index contributed by atoms with van der Waals surface area (Å²) in [6, 6.07) is 3.44. The van der Waals surface area contributed by atoms with Crippen LogP contribution in [0.5, 0.6) is 5.88 Å². The summed E-state index contributed by atoms with van der Waals surface area (Å²) in [5.41, 5.74) is 6.01. The van der Waals surface area contributed by atoms with Crippen molar-refractivity contribution in [2.45, 2.75) is 0 Å². The molecule has 0 fully saturated rings. The topological polar surface area (TPSA) is 48.1 Å². The zero-order chi connectivity index (χ0) is 8.10. The standard InChI is InChI=1S/C8H8N2O/c1-2-6-11-8-7(9)4-3-5-10-8/h1,3-5H,6,9H2. The highest BCUT2D eigenvalue weighted by Crippen LogP contribution is 2.14. The first kappa shape index (κ1) is 7.42. The quantitative estimate of drug-likeness (QED) is 0.627. The lowest BCUT2D eigenvalue weighted by Gasteiger charge is -2.02. The van der Waals surface area contributed by atoms with E-state index in [0.29, 0.717) is 11.6 Å². The van der Waals surface area contributed by atoms with E-state index in [4.69, 9.17) is 16.9 Å². The number of nitrogen functional groups attached to an aromatic ring is 1. The summed E-state index contributed by atoms with van der Waals surface area (Å²) in [5, 5.41) is 0. The number of pyridine rings is 1. The Bertz CT molecular complexity index is 278. The number of nitrogens with two attached hydrogens (primary N) is 1. The molecule has 56 valence electrons. The van der Waals surface area contributed by atoms with Crippen molar-refractivity contribution in [1.29, 1.82) is 0 Å². The van der Waals surface area contributed by atoms with E-state index in [1.165, 1.54) is 0 Å². The molecule has 0 unspecified atom stereocenters. The average molecular weight is 148 g/mol. The number of ether oxygens (including phenoxy) is 1. The molecule has 0 atom stereocenters. The second-order valence-corrected chi connectivity index (χ2v) is 1.89. The molecule has 0 spiro atoms. The Morgan fingerprint density at radius 3 is 3.18 bits per heavy atom. The summed E-state index contributed by atoms with van der Waals surface area (Å²) < 4.78 is 5.01. The molecule has 0 aromatic carbocycles. The van der Waals surface area contributed by atoms with Crippen molar-refractivity contribution >= 4 is 5.69 Å². The van der Waals surface area contributed by atoms with Crippen LogP contribution in [0.2, 0.25) is 0 Å². The third-order valence-electron chi connectivity index (χ3n) is 1.09. The predicted molar refractivity (Wildman–Crippen MR) is 43.0 cm³/mol. The molecule has 1 aromatic heterocycles. The van der Waals surface area contributed by atoms with Crippen molar-refractivity contribution in [2.24, 2.45) is 0 Å². The zero-order valence-electron chi connectivity index (χ0n) is 5.95. The monoisotopic (exact) mass is 148 g/mol. The summed E-state index contributed by atoms with van der Waals surface area (Å²) in [6.07, 6.45) is 6.58. The van der Waals surface area contributed by atoms with Crippen molar-refractivity contribution in [3.05, 3.63) is 18.3 Å². The fourth-order valence-electron chi connectivity index (χ4n) is 0.634. The lowest BCUT2D eigenvalue weighted by molar-refractivity contribution is 0.358. The highest BCUT2D eigenvalue weighted by atomic mass is 16.5. The van der Waals surface area contributed by atoms with Crippen molar-refractivity contribution in [3.8, 4) is 18.2 Å². The first-order chi connectivity index (χ1) is 5.34. The molecule has 1 heterocycles. The van der Waals surface area contributed by atoms with Gasteiger partial charge in [-0.1, -0.05) is 5.92 Å². The van der Waals surface area contributed by atoms with E-state index in [2.05, 4.69) is 10.9 Å². The van der Waals surface area contributed by atoms with Gasteiger partial charge in [0.2, 0.25) is 5.88 Å². The van der Waals surface area contributed by atoms with Gasteiger partial charge in [-0.25, -0.2) is 4.98 Å². The number of anilines is 1. The van der Waals surface area contributed by atoms with Crippen LogP contribution >= 0.6 is 0 Å². The van der Waals surface area contributed by atoms with E-state index in [1.54, 1.807) is 18.3 Å². The van der Waals surface area contributed by atoms with Crippen molar-refractivity contribution in [1.82, 2.24) is 4.98 Å². The lowest BCUT2D eigenvalue weighted by atomic mass is 10.4. The first-order valence-electron chi connectivity index (χ1n) is 3.11. The van der Waals surface area contributed by atoms with Gasteiger partial charge >= 0.3 is 0 Å². The van der Waals surface area contributed by atoms with E-state index in [-0.39, 0.29) is 6.61 Å². The fraction of sp³-hybridized carbons (Fsp3) is 0.125. The van der Waals surface area contributed by atoms with Gasteiger partial charge in [0.15, 0.2) is 6.61 Å². The Hall–Kier alpha value is -1.69. The van der Waals surface area contributed by atoms with Crippen LogP contribution < -0.4 is 10.5 Å². The van der Waals surface area contributed by atoms with Crippen LogP contribution in [0.25, 0.3) is 0 Å². The fourth-order valence-corrected chi connectivity index (χ4v) is 0.634. The van der Waals surface area contributed by atoms with E-state index in [9.17, 15) is 0 Å². The third kappa shape index (κ3) is 1.87. The van der Waals surface area contributed by atoms with Gasteiger partial charge in [-0.3, -0.25) is 0 Å². The molecule has 3 nitrogen and oxygen atoms in total. The van der Waals surface area contributed by atoms with Crippen LogP contribution in [0.4, 0.5) is 5.69 Å². The number of hydrogen-bond acceptors (Lipinski definition) is 3. The normalized spacial score (nSPS) is 8.64. The Kier molecular flexibility index (Phi) is 2.34. The molecule has 0 amide bonds. The van der Waals surface area contributed by atoms with Gasteiger partial charge in [0.25, 0.3) is 0 Å². The molecular formula is C8H8N2O. The van der Waals surface area contributed by atoms with Crippen LogP contribution in [0, 0.1) is 12.3 Å². The van der Waals surface area contributed by atoms with Gasteiger partial charge in [0.1, 0.15) is 0 Å². The van der Waals surface area contributed by atoms with Gasteiger partial charge in [0, 0.05) is 6.20 Å². The van der Waals surface area contributed by atoms with Crippen LogP contribution in [0.15, 0.2) is 18.3 Å². The second-order valence-electron chi connectivity index (χ2n) is 1.89. The summed E-state index contributed by atoms with van der Waals surface area (Å²) in [5.74, 6) is 2.72. The number of aromatic nitrogens is 1. The summed E-state index contributed by atoms with van der Waals surface area (Å²) >= 11 is 0. The molecule has 2 N–H and O–H groups in total. The van der Waals surface area contributed by atoms with E-state index in [1.807, 2.05) is 0 Å². The van der Waals surface area contributed by atoms with Crippen LogP contribution in [-0.4, -0.2) is 11.6 Å². The van der Waals surface area contributed by atoms with E-state index >= 15 is 0 Å². The smallest absolute Gasteiger partial charge is 0.238 e. The minimum atomic E-state index is 0.196. The molecule has 1 aromatic rings. The molecular weight excluding hydrogens is 140 g/mol. The highest BCUT2D eigenvalue weighted by Gasteiger charge is 1.96. The molecule has 0 bridgehead atoms. The molecule has 0 aliphatic heterocycles. The summed E-state index contributed by atoms with van der Waals surface area (Å²) in [4.78, 5) is 3.87. The molecule has 0 radical (unpaired) electrons. The SMILES string of the molecule is C#CCOc1ncccc1N. The second kappa shape index (κ2) is 3.47. The number of nitrogens with zero attached hydrogens (tertiary/aromatic N) is 1. The van der Waals surface area contributed by atoms with Crippen molar-refractivity contribution in [2.75, 3.05) is 12.3 Å². The minimum absolute atomic E-state index is 0.196. The van der Waals surface area contributed by atoms with Gasteiger partial charge in [-0.2, -0.15) is 0 Å². The number of rotatable bonds is 2. The molecule has 3 heteroatoms. The lowest BCUT2D eigenvalue weighted by Crippen LogP contribution is -1.99. The zero-order valence-corrected chi connectivity index (χ0v) is 5.95. The van der Waals surface area contributed by atoms with Crippen LogP contribution in [0.1, 0.15) is 0 Å². The Morgan fingerprint density at radius 2 is 2.55 bits per heavy atom. The molecule has 1 rings (SSSR count). The Balaban J connectivity index is 2.71. The molecule has 11 heavy (non-hydrogen) atoms. The number of terminal acetylenes is 1. The van der Waals surface area contributed by atoms with Crippen LogP contribution in [0.3, 0.4) is 0 Å². The van der Waals surface area contributed by atoms with Crippen molar-refractivity contribution < 1.29 is 4.74 Å². The van der Waals surface area contributed by atoms with E-state index in [0.717, 1.165) is 0 Å². The predicted octanol–water partition coefficient (Wildman–Crippen LogP) is 0.676. The van der Waals surface area contributed by atoms with Gasteiger partial charge < -0.3 is 10.5 Å². The highest BCUT2D eigenvalue weighted by molar-refractivity contribution is 5.46. The Morgan fingerprint density at radius 1 is 1.73 bits per heavy atom. The number of hydrogen-bond donors (Lipinski definition) is 1. The third-order valence-corrected chi connectivity index (χ3v) is 1.09. The minimum Gasteiger partial charge on any atom is -0.463 e. The van der Waals surface area contributed by atoms with Gasteiger partial charge in [0.05, 0.1) is 5.69 Å². The van der Waals surface area contributed by atoms with Crippen molar-refractivity contribution in [3.63, 3.8) is 0 Å². The van der Waals surface area contributed by atoms with Crippen LogP contribution in [-0.2, 0) is 0 Å². The first-order valence-corrected chi connectivity index (χ1v) is 3.11. The maximum absolute atomic E-state index is 5.51. The molecule has 0 saturated heterocycles. The average Bonchev–Trinajstić information content (AvgIpc) is 2.03. The van der Waals surface area contributed by atoms with Gasteiger partial charge in [-0.05, 0) is 12.1 Å². The maximum Gasteiger partial charge on any atom is 0.238 e. The summed E-state index contributed by atoms with van der Waals surface area (Å²) in [7, 11) is 0. The largest absolute Gasteiger partial charge is 0.463 e. The van der Waals surface area contributed by atoms with Gasteiger partial charge in [-0.15, -0.1) is 6.42 Å².